The van der Waals surface area contributed by atoms with E-state index in [0.717, 1.165) is 6.42 Å². The zero-order chi connectivity index (χ0) is 32.5. The van der Waals surface area contributed by atoms with Gasteiger partial charge in [-0.05, 0) is 62.7 Å². The van der Waals surface area contributed by atoms with Gasteiger partial charge < -0.3 is 31.5 Å². The Morgan fingerprint density at radius 3 is 2.23 bits per heavy atom. The molecule has 3 aliphatic rings. The first kappa shape index (κ1) is 34.3. The van der Waals surface area contributed by atoms with Gasteiger partial charge in [0.05, 0.1) is 6.04 Å². The molecule has 0 aromatic carbocycles. The maximum absolute atomic E-state index is 14.1. The van der Waals surface area contributed by atoms with Crippen molar-refractivity contribution in [2.24, 2.45) is 28.6 Å². The molecule has 12 nitrogen and oxygen atoms in total. The lowest BCUT2D eigenvalue weighted by atomic mass is 9.85. The molecular weight excluding hydrogens is 552 g/mol. The van der Waals surface area contributed by atoms with E-state index in [1.54, 1.807) is 0 Å². The summed E-state index contributed by atoms with van der Waals surface area (Å²) in [4.78, 5) is 80.9. The molecule has 6 atom stereocenters. The lowest BCUT2D eigenvalue weighted by Gasteiger charge is -2.38. The van der Waals surface area contributed by atoms with Gasteiger partial charge in [0.2, 0.25) is 23.5 Å². The first-order valence-electron chi connectivity index (χ1n) is 15.6. The monoisotopic (exact) mass is 604 g/mol. The van der Waals surface area contributed by atoms with Crippen LogP contribution in [0.2, 0.25) is 0 Å². The Labute approximate surface area is 255 Å². The van der Waals surface area contributed by atoms with Crippen molar-refractivity contribution in [3.8, 4) is 0 Å². The molecule has 0 aromatic rings. The van der Waals surface area contributed by atoms with E-state index < -0.39 is 58.6 Å². The van der Waals surface area contributed by atoms with E-state index >= 15 is 0 Å². The van der Waals surface area contributed by atoms with Gasteiger partial charge in [0.1, 0.15) is 12.1 Å². The summed E-state index contributed by atoms with van der Waals surface area (Å²) in [6.07, 6.45) is 2.03. The average Bonchev–Trinajstić information content (AvgIpc) is 3.23. The fraction of sp³-hybridized carbons (Fsp3) is 0.806. The molecule has 1 saturated carbocycles. The van der Waals surface area contributed by atoms with Gasteiger partial charge in [-0.3, -0.25) is 24.0 Å². The van der Waals surface area contributed by atoms with E-state index in [9.17, 15) is 28.8 Å². The van der Waals surface area contributed by atoms with Crippen LogP contribution in [0.1, 0.15) is 88.0 Å². The summed E-state index contributed by atoms with van der Waals surface area (Å²) in [6, 6.07) is -3.51. The Balaban J connectivity index is 1.86. The molecule has 2 saturated heterocycles. The van der Waals surface area contributed by atoms with Crippen LogP contribution in [0, 0.1) is 28.6 Å². The Kier molecular flexibility index (Phi) is 10.2. The van der Waals surface area contributed by atoms with E-state index in [1.165, 1.54) is 4.90 Å². The van der Waals surface area contributed by atoms with Crippen molar-refractivity contribution in [2.75, 3.05) is 19.6 Å². The minimum absolute atomic E-state index is 0.00505. The number of nitrogens with one attached hydrogen (secondary N) is 5. The molecule has 2 unspecified atom stereocenters. The maximum atomic E-state index is 14.1. The second-order valence-corrected chi connectivity index (χ2v) is 15.1. The van der Waals surface area contributed by atoms with E-state index in [2.05, 4.69) is 26.6 Å². The molecule has 5 N–H and O–H groups in total. The standard InChI is InChI=1S/C31H52N6O6/c1-10-11-13-32-26(41)22(38)19(15-17-12-14-33-24(17)39)34-25(40)21-20-18(31(20,8)9)16-37(21)27(42)23(29(2,3)4)35-28(43)36-30(5,6)7/h17-21,23H,10-16H2,1-9H3,(H,32,41)(H,33,39)(H,34,40)(H2,35,36,43)/t17-,18-,19?,20-,21-,23?/m0/s1. The summed E-state index contributed by atoms with van der Waals surface area (Å²) in [5, 5.41) is 13.8. The number of likely N-dealkylation sites (tertiary alicyclic amines) is 1. The predicted molar refractivity (Wildman–Crippen MR) is 162 cm³/mol. The molecule has 12 heteroatoms. The number of nitrogens with zero attached hydrogens (tertiary/aromatic N) is 1. The molecule has 0 bridgehead atoms. The molecule has 6 amide bonds. The van der Waals surface area contributed by atoms with Crippen molar-refractivity contribution < 1.29 is 28.8 Å². The number of fused-ring (bicyclic) bond motifs is 1. The summed E-state index contributed by atoms with van der Waals surface area (Å²) in [6.45, 7) is 18.3. The molecule has 0 spiro atoms. The van der Waals surface area contributed by atoms with Crippen LogP contribution in [0.15, 0.2) is 0 Å². The van der Waals surface area contributed by atoms with Crippen LogP contribution in [0.25, 0.3) is 0 Å². The van der Waals surface area contributed by atoms with Crippen molar-refractivity contribution in [3.05, 3.63) is 0 Å². The minimum atomic E-state index is -1.21. The third-order valence-corrected chi connectivity index (χ3v) is 8.99. The number of carbonyl (C=O) groups is 6. The fourth-order valence-electron chi connectivity index (χ4n) is 6.40. The molecule has 3 fully saturated rings. The molecule has 0 radical (unpaired) electrons. The summed E-state index contributed by atoms with van der Waals surface area (Å²) < 4.78 is 0. The number of carbonyl (C=O) groups excluding carboxylic acids is 6. The highest BCUT2D eigenvalue weighted by atomic mass is 16.2. The molecule has 242 valence electrons. The number of urea groups is 1. The molecular formula is C31H52N6O6. The van der Waals surface area contributed by atoms with E-state index in [1.807, 2.05) is 62.3 Å². The highest BCUT2D eigenvalue weighted by Gasteiger charge is 2.70. The SMILES string of the molecule is CCCCNC(=O)C(=O)C(C[C@@H]1CCNC1=O)NC(=O)[C@@H]1[C@@H]2[C@H](CN1C(=O)C(NC(=O)NC(C)(C)C)C(C)(C)C)C2(C)C. The topological polar surface area (TPSA) is 166 Å². The van der Waals surface area contributed by atoms with Crippen molar-refractivity contribution in [3.63, 3.8) is 0 Å². The number of amides is 6. The van der Waals surface area contributed by atoms with Crippen molar-refractivity contribution >= 4 is 35.4 Å². The third kappa shape index (κ3) is 8.06. The van der Waals surface area contributed by atoms with Gasteiger partial charge in [0.25, 0.3) is 5.91 Å². The molecule has 0 aromatic heterocycles. The highest BCUT2D eigenvalue weighted by molar-refractivity contribution is 6.38. The van der Waals surface area contributed by atoms with Crippen LogP contribution >= 0.6 is 0 Å². The van der Waals surface area contributed by atoms with E-state index in [0.29, 0.717) is 32.5 Å². The van der Waals surface area contributed by atoms with Crippen LogP contribution in [0.5, 0.6) is 0 Å². The van der Waals surface area contributed by atoms with Crippen LogP contribution < -0.4 is 26.6 Å². The van der Waals surface area contributed by atoms with Gasteiger partial charge in [-0.1, -0.05) is 48.0 Å². The summed E-state index contributed by atoms with van der Waals surface area (Å²) in [5.41, 5.74) is -1.38. The van der Waals surface area contributed by atoms with Crippen LogP contribution in [-0.4, -0.2) is 83.6 Å². The van der Waals surface area contributed by atoms with Gasteiger partial charge in [0.15, 0.2) is 0 Å². The molecule has 43 heavy (non-hydrogen) atoms. The maximum Gasteiger partial charge on any atom is 0.315 e. The van der Waals surface area contributed by atoms with Gasteiger partial charge in [-0.2, -0.15) is 0 Å². The number of rotatable bonds is 11. The van der Waals surface area contributed by atoms with Gasteiger partial charge in [-0.25, -0.2) is 4.79 Å². The number of unbranched alkanes of at least 4 members (excludes halogenated alkanes) is 1. The van der Waals surface area contributed by atoms with Crippen molar-refractivity contribution in [2.45, 2.75) is 112 Å². The predicted octanol–water partition coefficient (Wildman–Crippen LogP) is 1.48. The summed E-state index contributed by atoms with van der Waals surface area (Å²) in [5.74, 6) is -3.33. The largest absolute Gasteiger partial charge is 0.356 e. The zero-order valence-electron chi connectivity index (χ0n) is 27.3. The number of piperidine rings is 1. The van der Waals surface area contributed by atoms with E-state index in [4.69, 9.17) is 0 Å². The number of ketones is 1. The smallest absolute Gasteiger partial charge is 0.315 e. The van der Waals surface area contributed by atoms with Crippen molar-refractivity contribution in [1.29, 1.82) is 0 Å². The normalized spacial score (nSPS) is 25.6. The molecule has 2 aliphatic heterocycles. The first-order valence-corrected chi connectivity index (χ1v) is 15.6. The van der Waals surface area contributed by atoms with E-state index in [-0.39, 0.29) is 35.5 Å². The molecule has 1 aliphatic carbocycles. The highest BCUT2D eigenvalue weighted by Crippen LogP contribution is 2.65. The van der Waals surface area contributed by atoms with Crippen LogP contribution in [-0.2, 0) is 24.0 Å². The van der Waals surface area contributed by atoms with Gasteiger partial charge in [-0.15, -0.1) is 0 Å². The fourth-order valence-corrected chi connectivity index (χ4v) is 6.40. The third-order valence-electron chi connectivity index (χ3n) is 8.99. The summed E-state index contributed by atoms with van der Waals surface area (Å²) in [7, 11) is 0. The van der Waals surface area contributed by atoms with Crippen molar-refractivity contribution in [1.82, 2.24) is 31.5 Å². The second kappa shape index (κ2) is 12.8. The lowest BCUT2D eigenvalue weighted by Crippen LogP contribution is -2.62. The lowest BCUT2D eigenvalue weighted by molar-refractivity contribution is -0.145. The number of hydrogen-bond donors (Lipinski definition) is 5. The average molecular weight is 605 g/mol. The molecule has 2 heterocycles. The van der Waals surface area contributed by atoms with Gasteiger partial charge in [0, 0.05) is 31.1 Å². The quantitative estimate of drug-likeness (QED) is 0.177. The van der Waals surface area contributed by atoms with Crippen LogP contribution in [0.4, 0.5) is 4.79 Å². The Hall–Kier alpha value is -3.18. The Bertz CT molecular complexity index is 1120. The van der Waals surface area contributed by atoms with Gasteiger partial charge >= 0.3 is 6.03 Å². The number of Topliss-reactive ketones (excluding diaryl/α,β-unsaturated/α-hetero) is 1. The number of hydrogen-bond acceptors (Lipinski definition) is 6. The van der Waals surface area contributed by atoms with Crippen LogP contribution in [0.3, 0.4) is 0 Å². The first-order chi connectivity index (χ1) is 19.8. The Morgan fingerprint density at radius 1 is 1.05 bits per heavy atom. The minimum Gasteiger partial charge on any atom is -0.356 e. The zero-order valence-corrected chi connectivity index (χ0v) is 27.3. The Morgan fingerprint density at radius 2 is 1.70 bits per heavy atom. The second-order valence-electron chi connectivity index (χ2n) is 15.1. The summed E-state index contributed by atoms with van der Waals surface area (Å²) >= 11 is 0. The molecule has 3 rings (SSSR count).